The summed E-state index contributed by atoms with van der Waals surface area (Å²) >= 11 is 0. The van der Waals surface area contributed by atoms with Crippen molar-refractivity contribution in [2.24, 2.45) is 15.1 Å². The third kappa shape index (κ3) is 4.30. The average Bonchev–Trinajstić information content (AvgIpc) is 3.03. The molecule has 2 aliphatic rings. The first-order valence-corrected chi connectivity index (χ1v) is 13.0. The number of ketones is 1. The molecule has 2 aromatic heterocycles. The summed E-state index contributed by atoms with van der Waals surface area (Å²) in [4.78, 5) is 26.0. The zero-order valence-corrected chi connectivity index (χ0v) is 20.8. The second-order valence-corrected chi connectivity index (χ2v) is 12.4. The van der Waals surface area contributed by atoms with E-state index in [0.29, 0.717) is 18.7 Å². The van der Waals surface area contributed by atoms with Gasteiger partial charge in [0.05, 0.1) is 27.6 Å². The maximum Gasteiger partial charge on any atom is 0.228 e. The third-order valence-corrected chi connectivity index (χ3v) is 10.5. The summed E-state index contributed by atoms with van der Waals surface area (Å²) in [6, 6.07) is 5.53. The number of nitrogens with zero attached hydrogens (tertiary/aromatic N) is 4. The van der Waals surface area contributed by atoms with Gasteiger partial charge in [-0.15, -0.1) is 0 Å². The van der Waals surface area contributed by atoms with Crippen LogP contribution < -0.4 is 10.5 Å². The second-order valence-electron chi connectivity index (χ2n) is 9.43. The van der Waals surface area contributed by atoms with Gasteiger partial charge in [0.15, 0.2) is 5.78 Å². The summed E-state index contributed by atoms with van der Waals surface area (Å²) in [5, 5.41) is -0.586. The SMILES string of the molecule is CC1(C)C(N)=N[C@](C)(c2nc(CC(=O)c3ccc(OCF)cn3)ccc2F)[C@H]2CCCCN=[S@@]21=O. The topological polar surface area (TPSA) is 120 Å². The molecule has 4 heterocycles. The number of rotatable bonds is 6. The molecular formula is C24H29F2N5O3S. The van der Waals surface area contributed by atoms with Crippen LogP contribution in [0.3, 0.4) is 0 Å². The van der Waals surface area contributed by atoms with Gasteiger partial charge in [0.25, 0.3) is 0 Å². The number of fused-ring (bicyclic) bond motifs is 1. The number of ether oxygens (including phenoxy) is 1. The van der Waals surface area contributed by atoms with Gasteiger partial charge in [0.1, 0.15) is 39.1 Å². The van der Waals surface area contributed by atoms with Crippen molar-refractivity contribution >= 4 is 21.3 Å². The van der Waals surface area contributed by atoms with E-state index in [2.05, 4.69) is 19.3 Å². The fourth-order valence-electron chi connectivity index (χ4n) is 4.70. The molecule has 11 heteroatoms. The quantitative estimate of drug-likeness (QED) is 0.598. The summed E-state index contributed by atoms with van der Waals surface area (Å²) in [7, 11) is -2.91. The monoisotopic (exact) mass is 505 g/mol. The number of halogens is 2. The number of aliphatic imine (C=N–C) groups is 1. The Kier molecular flexibility index (Phi) is 6.65. The molecule has 2 aliphatic heterocycles. The van der Waals surface area contributed by atoms with Crippen molar-refractivity contribution in [3.05, 3.63) is 53.4 Å². The Hall–Kier alpha value is -2.95. The van der Waals surface area contributed by atoms with E-state index in [4.69, 9.17) is 10.5 Å². The molecule has 4 rings (SSSR count). The van der Waals surface area contributed by atoms with Crippen LogP contribution in [0.1, 0.15) is 61.9 Å². The molecule has 0 amide bonds. The van der Waals surface area contributed by atoms with Crippen LogP contribution in [0.25, 0.3) is 0 Å². The van der Waals surface area contributed by atoms with Gasteiger partial charge in [-0.25, -0.2) is 22.3 Å². The van der Waals surface area contributed by atoms with Crippen molar-refractivity contribution < 1.29 is 22.5 Å². The van der Waals surface area contributed by atoms with Crippen molar-refractivity contribution in [3.63, 3.8) is 0 Å². The Labute approximate surface area is 203 Å². The zero-order valence-electron chi connectivity index (χ0n) is 20.0. The Morgan fingerprint density at radius 3 is 2.69 bits per heavy atom. The highest BCUT2D eigenvalue weighted by molar-refractivity contribution is 7.96. The van der Waals surface area contributed by atoms with E-state index in [0.717, 1.165) is 12.8 Å². The van der Waals surface area contributed by atoms with Gasteiger partial charge in [-0.1, -0.05) is 6.42 Å². The molecule has 3 atom stereocenters. The number of alkyl halides is 1. The van der Waals surface area contributed by atoms with Crippen LogP contribution in [0, 0.1) is 5.82 Å². The van der Waals surface area contributed by atoms with Crippen LogP contribution in [0.2, 0.25) is 0 Å². The molecular weight excluding hydrogens is 476 g/mol. The van der Waals surface area contributed by atoms with Gasteiger partial charge >= 0.3 is 0 Å². The molecule has 2 N–H and O–H groups in total. The lowest BCUT2D eigenvalue weighted by Crippen LogP contribution is -2.59. The van der Waals surface area contributed by atoms with Crippen LogP contribution in [0.5, 0.6) is 5.75 Å². The Bertz CT molecular complexity index is 1290. The highest BCUT2D eigenvalue weighted by Crippen LogP contribution is 2.46. The molecule has 0 spiro atoms. The van der Waals surface area contributed by atoms with Gasteiger partial charge in [0.2, 0.25) is 6.86 Å². The van der Waals surface area contributed by atoms with Crippen molar-refractivity contribution in [3.8, 4) is 5.75 Å². The number of carbonyl (C=O) groups is 1. The van der Waals surface area contributed by atoms with Gasteiger partial charge in [-0.05, 0) is 57.9 Å². The van der Waals surface area contributed by atoms with Gasteiger partial charge in [-0.3, -0.25) is 14.8 Å². The van der Waals surface area contributed by atoms with E-state index in [1.807, 2.05) is 0 Å². The van der Waals surface area contributed by atoms with E-state index < -0.39 is 37.9 Å². The van der Waals surface area contributed by atoms with Crippen LogP contribution in [0.4, 0.5) is 8.78 Å². The molecule has 0 aliphatic carbocycles. The van der Waals surface area contributed by atoms with Gasteiger partial charge < -0.3 is 10.5 Å². The number of nitrogens with two attached hydrogens (primary N) is 1. The van der Waals surface area contributed by atoms with E-state index in [9.17, 15) is 13.4 Å². The Morgan fingerprint density at radius 2 is 2.00 bits per heavy atom. The highest BCUT2D eigenvalue weighted by atomic mass is 32.2. The molecule has 0 aromatic carbocycles. The van der Waals surface area contributed by atoms with Crippen molar-refractivity contribution in [2.75, 3.05) is 13.4 Å². The van der Waals surface area contributed by atoms with Crippen molar-refractivity contribution in [2.45, 2.75) is 62.0 Å². The van der Waals surface area contributed by atoms with Crippen LogP contribution in [-0.2, 0) is 21.7 Å². The number of hydrogen-bond donors (Lipinski definition) is 1. The smallest absolute Gasteiger partial charge is 0.228 e. The average molecular weight is 506 g/mol. The largest absolute Gasteiger partial charge is 0.461 e. The number of hydrogen-bond acceptors (Lipinski definition) is 8. The minimum absolute atomic E-state index is 0.00396. The molecule has 2 aromatic rings. The normalized spacial score (nSPS) is 27.7. The fraction of sp³-hybridized carbons (Fsp3) is 0.500. The lowest BCUT2D eigenvalue weighted by atomic mass is 9.88. The Balaban J connectivity index is 1.73. The van der Waals surface area contributed by atoms with E-state index in [1.165, 1.54) is 30.5 Å². The fourth-order valence-corrected chi connectivity index (χ4v) is 7.93. The number of Topliss-reactive ketones (excluding diaryl/α,β-unsaturated/α-hetero) is 1. The summed E-state index contributed by atoms with van der Waals surface area (Å²) in [5.74, 6) is -0.619. The first kappa shape index (κ1) is 25.2. The number of pyridine rings is 2. The molecule has 0 saturated carbocycles. The van der Waals surface area contributed by atoms with E-state index in [-0.39, 0.29) is 35.2 Å². The molecule has 0 unspecified atom stereocenters. The van der Waals surface area contributed by atoms with E-state index >= 15 is 4.39 Å². The first-order chi connectivity index (χ1) is 16.5. The molecule has 0 bridgehead atoms. The Morgan fingerprint density at radius 1 is 1.23 bits per heavy atom. The summed E-state index contributed by atoms with van der Waals surface area (Å²) in [6.07, 6.45) is 3.21. The first-order valence-electron chi connectivity index (χ1n) is 11.4. The summed E-state index contributed by atoms with van der Waals surface area (Å²) in [5.41, 5.74) is 5.45. The number of aromatic nitrogens is 2. The van der Waals surface area contributed by atoms with Crippen LogP contribution >= 0.6 is 0 Å². The molecule has 0 fully saturated rings. The van der Waals surface area contributed by atoms with E-state index in [1.54, 1.807) is 20.8 Å². The second kappa shape index (κ2) is 9.25. The predicted octanol–water partition coefficient (Wildman–Crippen LogP) is 3.73. The van der Waals surface area contributed by atoms with Crippen molar-refractivity contribution in [1.29, 1.82) is 0 Å². The maximum atomic E-state index is 15.2. The minimum atomic E-state index is -2.91. The van der Waals surface area contributed by atoms with Crippen molar-refractivity contribution in [1.82, 2.24) is 9.97 Å². The summed E-state index contributed by atoms with van der Waals surface area (Å²) in [6.45, 7) is 4.69. The number of carbonyl (C=O) groups excluding carboxylic acids is 1. The molecule has 0 radical (unpaired) electrons. The molecule has 188 valence electrons. The van der Waals surface area contributed by atoms with Crippen LogP contribution in [0.15, 0.2) is 39.8 Å². The third-order valence-electron chi connectivity index (χ3n) is 6.84. The molecule has 35 heavy (non-hydrogen) atoms. The number of amidine groups is 1. The standard InChI is InChI=1S/C24H29F2N5O3S/c1-23(2)22(27)31-24(3,20-6-4-5-11-29-35(20,23)33)21-17(26)9-7-15(30-21)12-19(32)18-10-8-16(13-28-18)34-14-25/h7-10,13,20H,4-6,11-12,14H2,1-3H3,(H2,27,31)/t20-,24+,35-/m1/s1. The van der Waals surface area contributed by atoms with Gasteiger partial charge in [0, 0.05) is 12.2 Å². The lowest BCUT2D eigenvalue weighted by molar-refractivity contribution is 0.0986. The van der Waals surface area contributed by atoms with Crippen LogP contribution in [-0.4, -0.2) is 49.2 Å². The summed E-state index contributed by atoms with van der Waals surface area (Å²) < 4.78 is 50.2. The minimum Gasteiger partial charge on any atom is -0.461 e. The molecule has 0 saturated heterocycles. The van der Waals surface area contributed by atoms with Gasteiger partial charge in [-0.2, -0.15) is 0 Å². The zero-order chi connectivity index (χ0) is 25.4. The maximum absolute atomic E-state index is 15.2. The predicted molar refractivity (Wildman–Crippen MR) is 129 cm³/mol. The highest BCUT2D eigenvalue weighted by Gasteiger charge is 2.56. The lowest BCUT2D eigenvalue weighted by Gasteiger charge is -2.46. The molecule has 8 nitrogen and oxygen atoms in total.